The first kappa shape index (κ1) is 20.8. The van der Waals surface area contributed by atoms with Gasteiger partial charge in [0, 0.05) is 31.1 Å². The quantitative estimate of drug-likeness (QED) is 0.445. The lowest BCUT2D eigenvalue weighted by molar-refractivity contribution is -0.0588. The van der Waals surface area contributed by atoms with Crippen LogP contribution in [0.15, 0.2) is 85.7 Å². The van der Waals surface area contributed by atoms with Gasteiger partial charge in [-0.3, -0.25) is 4.98 Å². The van der Waals surface area contributed by atoms with Gasteiger partial charge in [-0.1, -0.05) is 60.7 Å². The molecule has 4 nitrogen and oxygen atoms in total. The van der Waals surface area contributed by atoms with Gasteiger partial charge in [0.25, 0.3) is 0 Å². The van der Waals surface area contributed by atoms with Gasteiger partial charge in [0.15, 0.2) is 0 Å². The van der Waals surface area contributed by atoms with Gasteiger partial charge in [-0.15, -0.1) is 6.58 Å². The summed E-state index contributed by atoms with van der Waals surface area (Å²) in [4.78, 5) is 18.7. The molecule has 2 aromatic carbocycles. The molecule has 3 aromatic rings. The average molecular weight is 416 g/mol. The largest absolute Gasteiger partial charge is 0.437 e. The summed E-state index contributed by atoms with van der Waals surface area (Å²) < 4.78 is 19.5. The lowest BCUT2D eigenvalue weighted by Gasteiger charge is -2.43. The first-order valence-corrected chi connectivity index (χ1v) is 10.4. The molecule has 1 aromatic heterocycles. The standard InChI is InChI=1S/C26H25FN2O2/c1-3-13-26(23-7-5-4-6-8-23)14-15-29(25(30)31-26)19(2)20-9-11-21(12-10-20)22-16-24(27)18-28-17-22/h3-12,16-19H,1,13-15H2,2H3/t19-,26?/m0/s1. The van der Waals surface area contributed by atoms with Gasteiger partial charge in [-0.25, -0.2) is 9.18 Å². The van der Waals surface area contributed by atoms with Crippen molar-refractivity contribution in [3.63, 3.8) is 0 Å². The van der Waals surface area contributed by atoms with Crippen molar-refractivity contribution in [2.75, 3.05) is 6.54 Å². The molecule has 158 valence electrons. The second kappa shape index (κ2) is 8.72. The highest BCUT2D eigenvalue weighted by molar-refractivity contribution is 5.70. The number of carbonyl (C=O) groups excluding carboxylic acids is 1. The number of benzene rings is 2. The molecule has 1 amide bonds. The number of halogens is 1. The highest BCUT2D eigenvalue weighted by Crippen LogP contribution is 2.39. The summed E-state index contributed by atoms with van der Waals surface area (Å²) in [5.74, 6) is -0.368. The fourth-order valence-electron chi connectivity index (χ4n) is 4.16. The van der Waals surface area contributed by atoms with E-state index in [0.717, 1.165) is 16.7 Å². The van der Waals surface area contributed by atoms with E-state index in [1.165, 1.54) is 12.3 Å². The fourth-order valence-corrected chi connectivity index (χ4v) is 4.16. The third-order valence-corrected chi connectivity index (χ3v) is 5.95. The van der Waals surface area contributed by atoms with Gasteiger partial charge < -0.3 is 9.64 Å². The molecule has 31 heavy (non-hydrogen) atoms. The Hall–Kier alpha value is -3.47. The van der Waals surface area contributed by atoms with Crippen LogP contribution < -0.4 is 0 Å². The molecule has 1 aliphatic rings. The van der Waals surface area contributed by atoms with E-state index < -0.39 is 5.60 Å². The predicted molar refractivity (Wildman–Crippen MR) is 119 cm³/mol. The molecule has 1 unspecified atom stereocenters. The zero-order chi connectivity index (χ0) is 21.8. The molecule has 0 spiro atoms. The van der Waals surface area contributed by atoms with E-state index in [1.54, 1.807) is 17.2 Å². The van der Waals surface area contributed by atoms with Crippen LogP contribution in [-0.2, 0) is 10.3 Å². The molecule has 0 saturated carbocycles. The van der Waals surface area contributed by atoms with Crippen LogP contribution >= 0.6 is 0 Å². The molecule has 4 rings (SSSR count). The lowest BCUT2D eigenvalue weighted by atomic mass is 9.85. The zero-order valence-corrected chi connectivity index (χ0v) is 17.5. The van der Waals surface area contributed by atoms with Crippen molar-refractivity contribution in [3.8, 4) is 11.1 Å². The van der Waals surface area contributed by atoms with E-state index >= 15 is 0 Å². The Morgan fingerprint density at radius 3 is 2.55 bits per heavy atom. The Kier molecular flexibility index (Phi) is 5.85. The Balaban J connectivity index is 1.52. The SMILES string of the molecule is C=CCC1(c2ccccc2)CCN([C@@H](C)c2ccc(-c3cncc(F)c3)cc2)C(=O)O1. The van der Waals surface area contributed by atoms with E-state index in [-0.39, 0.29) is 18.0 Å². The molecule has 0 radical (unpaired) electrons. The summed E-state index contributed by atoms with van der Waals surface area (Å²) in [6, 6.07) is 18.9. The summed E-state index contributed by atoms with van der Waals surface area (Å²) in [5, 5.41) is 0. The summed E-state index contributed by atoms with van der Waals surface area (Å²) in [7, 11) is 0. The van der Waals surface area contributed by atoms with Gasteiger partial charge in [-0.05, 0) is 29.7 Å². The minimum Gasteiger partial charge on any atom is -0.437 e. The van der Waals surface area contributed by atoms with Crippen LogP contribution in [0.3, 0.4) is 0 Å². The number of amides is 1. The van der Waals surface area contributed by atoms with Crippen molar-refractivity contribution in [2.24, 2.45) is 0 Å². The van der Waals surface area contributed by atoms with Crippen molar-refractivity contribution in [3.05, 3.63) is 103 Å². The van der Waals surface area contributed by atoms with E-state index in [4.69, 9.17) is 4.74 Å². The van der Waals surface area contributed by atoms with E-state index in [0.29, 0.717) is 24.9 Å². The molecule has 2 atom stereocenters. The molecule has 1 aliphatic heterocycles. The van der Waals surface area contributed by atoms with Crippen LogP contribution in [0, 0.1) is 5.82 Å². The molecule has 1 fully saturated rings. The normalized spacial score (nSPS) is 19.5. The zero-order valence-electron chi connectivity index (χ0n) is 17.5. The van der Waals surface area contributed by atoms with Gasteiger partial charge >= 0.3 is 6.09 Å². The Morgan fingerprint density at radius 2 is 1.90 bits per heavy atom. The Bertz CT molecular complexity index is 1070. The summed E-state index contributed by atoms with van der Waals surface area (Å²) >= 11 is 0. The number of rotatable bonds is 6. The smallest absolute Gasteiger partial charge is 0.411 e. The average Bonchev–Trinajstić information content (AvgIpc) is 2.80. The molecule has 0 N–H and O–H groups in total. The molecule has 0 bridgehead atoms. The highest BCUT2D eigenvalue weighted by Gasteiger charge is 2.42. The van der Waals surface area contributed by atoms with E-state index in [2.05, 4.69) is 11.6 Å². The Morgan fingerprint density at radius 1 is 1.16 bits per heavy atom. The van der Waals surface area contributed by atoms with Gasteiger partial charge in [-0.2, -0.15) is 0 Å². The van der Waals surface area contributed by atoms with Crippen LogP contribution in [0.1, 0.15) is 36.9 Å². The van der Waals surface area contributed by atoms with Crippen LogP contribution in [0.5, 0.6) is 0 Å². The van der Waals surface area contributed by atoms with Crippen molar-refractivity contribution in [1.82, 2.24) is 9.88 Å². The molecule has 1 saturated heterocycles. The Labute approximate surface area is 182 Å². The van der Waals surface area contributed by atoms with Crippen molar-refractivity contribution in [2.45, 2.75) is 31.4 Å². The first-order chi connectivity index (χ1) is 15.0. The number of aromatic nitrogens is 1. The first-order valence-electron chi connectivity index (χ1n) is 10.4. The van der Waals surface area contributed by atoms with Gasteiger partial charge in [0.2, 0.25) is 0 Å². The van der Waals surface area contributed by atoms with E-state index in [1.807, 2.05) is 61.5 Å². The minimum atomic E-state index is -0.676. The van der Waals surface area contributed by atoms with Crippen molar-refractivity contribution >= 4 is 6.09 Å². The number of hydrogen-bond acceptors (Lipinski definition) is 3. The van der Waals surface area contributed by atoms with Crippen molar-refractivity contribution in [1.29, 1.82) is 0 Å². The molecule has 5 heteroatoms. The molecular formula is C26H25FN2O2. The topological polar surface area (TPSA) is 42.4 Å². The van der Waals surface area contributed by atoms with Crippen LogP contribution in [-0.4, -0.2) is 22.5 Å². The predicted octanol–water partition coefficient (Wildman–Crippen LogP) is 6.26. The van der Waals surface area contributed by atoms with Crippen LogP contribution in [0.4, 0.5) is 9.18 Å². The number of cyclic esters (lactones) is 1. The fraction of sp³-hybridized carbons (Fsp3) is 0.231. The number of carbonyl (C=O) groups is 1. The minimum absolute atomic E-state index is 0.148. The molecular weight excluding hydrogens is 391 g/mol. The molecule has 0 aliphatic carbocycles. The van der Waals surface area contributed by atoms with Crippen LogP contribution in [0.2, 0.25) is 0 Å². The summed E-state index contributed by atoms with van der Waals surface area (Å²) in [6.45, 7) is 6.43. The highest BCUT2D eigenvalue weighted by atomic mass is 19.1. The number of pyridine rings is 1. The van der Waals surface area contributed by atoms with Crippen molar-refractivity contribution < 1.29 is 13.9 Å². The summed E-state index contributed by atoms with van der Waals surface area (Å²) in [5.41, 5.74) is 2.89. The monoisotopic (exact) mass is 416 g/mol. The number of ether oxygens (including phenoxy) is 1. The second-order valence-electron chi connectivity index (χ2n) is 7.85. The number of hydrogen-bond donors (Lipinski definition) is 0. The lowest BCUT2D eigenvalue weighted by Crippen LogP contribution is -2.48. The maximum Gasteiger partial charge on any atom is 0.411 e. The third-order valence-electron chi connectivity index (χ3n) is 5.95. The van der Waals surface area contributed by atoms with E-state index in [9.17, 15) is 9.18 Å². The maximum atomic E-state index is 13.5. The van der Waals surface area contributed by atoms with Crippen LogP contribution in [0.25, 0.3) is 11.1 Å². The van der Waals surface area contributed by atoms with Gasteiger partial charge in [0.05, 0.1) is 12.2 Å². The summed E-state index contributed by atoms with van der Waals surface area (Å²) in [6.07, 6.45) is 5.55. The van der Waals surface area contributed by atoms with Gasteiger partial charge in [0.1, 0.15) is 11.4 Å². The number of nitrogens with zero attached hydrogens (tertiary/aromatic N) is 2. The molecule has 2 heterocycles. The third kappa shape index (κ3) is 4.22. The maximum absolute atomic E-state index is 13.5. The second-order valence-corrected chi connectivity index (χ2v) is 7.85.